The first-order valence-corrected chi connectivity index (χ1v) is 18.9. The number of hydrogen-bond donors (Lipinski definition) is 4. The third kappa shape index (κ3) is 9.50. The van der Waals surface area contributed by atoms with Gasteiger partial charge < -0.3 is 40.2 Å². The second-order valence-corrected chi connectivity index (χ2v) is 13.8. The van der Waals surface area contributed by atoms with Crippen LogP contribution in [-0.2, 0) is 39.9 Å². The highest BCUT2D eigenvalue weighted by atomic mass is 16.6. The van der Waals surface area contributed by atoms with Crippen LogP contribution >= 0.6 is 0 Å². The molecule has 0 radical (unpaired) electrons. The number of nitrogens with two attached hydrogens (primary N) is 1. The molecule has 0 aromatic heterocycles. The Morgan fingerprint density at radius 3 is 2.13 bits per heavy atom. The molecule has 3 aromatic rings. The van der Waals surface area contributed by atoms with E-state index in [0.717, 1.165) is 11.1 Å². The molecule has 6 rings (SSSR count). The maximum atomic E-state index is 13.3. The van der Waals surface area contributed by atoms with Gasteiger partial charge in [0.15, 0.2) is 0 Å². The van der Waals surface area contributed by atoms with Crippen molar-refractivity contribution >= 4 is 35.4 Å². The van der Waals surface area contributed by atoms with E-state index in [1.54, 1.807) is 23.1 Å². The van der Waals surface area contributed by atoms with E-state index in [0.29, 0.717) is 82.2 Å². The molecule has 0 saturated carbocycles. The Hall–Kier alpha value is -5.31. The van der Waals surface area contributed by atoms with Gasteiger partial charge in [-0.25, -0.2) is 4.79 Å². The molecule has 3 aliphatic rings. The van der Waals surface area contributed by atoms with E-state index in [-0.39, 0.29) is 62.7 Å². The highest BCUT2D eigenvalue weighted by Gasteiger charge is 2.51. The number of alkyl carbamates (subject to hydrolysis) is 1. The summed E-state index contributed by atoms with van der Waals surface area (Å²) in [5.41, 5.74) is 11.3. The van der Waals surface area contributed by atoms with Gasteiger partial charge in [0.25, 0.3) is 11.8 Å². The number of rotatable bonds is 20. The van der Waals surface area contributed by atoms with Crippen LogP contribution in [0.4, 0.5) is 10.5 Å². The van der Waals surface area contributed by atoms with Gasteiger partial charge in [-0.2, -0.15) is 0 Å². The summed E-state index contributed by atoms with van der Waals surface area (Å²) in [6.07, 6.45) is 1.59. The molecule has 5 N–H and O–H groups in total. The number of carbonyl (C=O) groups is 5. The summed E-state index contributed by atoms with van der Waals surface area (Å²) in [5, 5.41) is 8.01. The van der Waals surface area contributed by atoms with Gasteiger partial charge in [-0.15, -0.1) is 0 Å². The zero-order valence-electron chi connectivity index (χ0n) is 30.9. The molecule has 1 atom stereocenters. The molecule has 1 fully saturated rings. The van der Waals surface area contributed by atoms with E-state index in [2.05, 4.69) is 40.2 Å². The van der Waals surface area contributed by atoms with Gasteiger partial charge in [-0.3, -0.25) is 24.5 Å². The molecule has 14 nitrogen and oxygen atoms in total. The van der Waals surface area contributed by atoms with Crippen LogP contribution in [0.2, 0.25) is 0 Å². The van der Waals surface area contributed by atoms with Crippen molar-refractivity contribution in [1.29, 1.82) is 0 Å². The van der Waals surface area contributed by atoms with Crippen molar-refractivity contribution in [3.05, 3.63) is 89.0 Å². The van der Waals surface area contributed by atoms with Crippen LogP contribution in [-0.4, -0.2) is 99.5 Å². The van der Waals surface area contributed by atoms with E-state index in [1.807, 2.05) is 24.3 Å². The van der Waals surface area contributed by atoms with Crippen LogP contribution in [0.5, 0.6) is 0 Å². The number of carbonyl (C=O) groups excluding carboxylic acids is 5. The molecule has 55 heavy (non-hydrogen) atoms. The molecule has 2 aliphatic heterocycles. The number of nitrogens with zero attached hydrogens (tertiary/aromatic N) is 1. The van der Waals surface area contributed by atoms with Crippen molar-refractivity contribution in [2.45, 2.75) is 56.5 Å². The number of nitrogens with one attached hydrogen (secondary N) is 3. The van der Waals surface area contributed by atoms with Crippen LogP contribution in [0, 0.1) is 0 Å². The summed E-state index contributed by atoms with van der Waals surface area (Å²) in [6, 6.07) is 21.5. The highest BCUT2D eigenvalue weighted by Crippen LogP contribution is 2.44. The number of benzene rings is 3. The number of hydrogen-bond acceptors (Lipinski definition) is 10. The minimum atomic E-state index is -1.16. The molecule has 0 spiro atoms. The lowest BCUT2D eigenvalue weighted by Gasteiger charge is -2.42. The Bertz CT molecular complexity index is 1820. The van der Waals surface area contributed by atoms with Crippen molar-refractivity contribution in [2.24, 2.45) is 0 Å². The van der Waals surface area contributed by atoms with Crippen LogP contribution in [0.1, 0.15) is 71.5 Å². The van der Waals surface area contributed by atoms with Crippen LogP contribution < -0.4 is 21.7 Å². The molecule has 292 valence electrons. The van der Waals surface area contributed by atoms with E-state index < -0.39 is 17.5 Å². The lowest BCUT2D eigenvalue weighted by Crippen LogP contribution is -2.63. The quantitative estimate of drug-likeness (QED) is 0.0753. The Labute approximate surface area is 320 Å². The lowest BCUT2D eigenvalue weighted by molar-refractivity contribution is -0.143. The van der Waals surface area contributed by atoms with Gasteiger partial charge in [0, 0.05) is 55.2 Å². The van der Waals surface area contributed by atoms with Gasteiger partial charge in [0.2, 0.25) is 11.8 Å². The first kappa shape index (κ1) is 39.4. The summed E-state index contributed by atoms with van der Waals surface area (Å²) in [5.74, 6) is -1.24. The van der Waals surface area contributed by atoms with Crippen molar-refractivity contribution in [1.82, 2.24) is 20.9 Å². The Morgan fingerprint density at radius 1 is 0.782 bits per heavy atom. The van der Waals surface area contributed by atoms with E-state index in [9.17, 15) is 24.0 Å². The minimum Gasteiger partial charge on any atom is -0.449 e. The zero-order chi connectivity index (χ0) is 38.6. The van der Waals surface area contributed by atoms with Crippen molar-refractivity contribution in [3.8, 4) is 11.1 Å². The average molecular weight is 756 g/mol. The van der Waals surface area contributed by atoms with Gasteiger partial charge in [0.1, 0.15) is 12.1 Å². The first-order valence-electron chi connectivity index (χ1n) is 18.9. The number of unbranched alkanes of at least 4 members (excludes halogenated alkanes) is 1. The number of amides is 5. The Balaban J connectivity index is 0.761. The molecular weight excluding hydrogens is 706 g/mol. The topological polar surface area (TPSA) is 188 Å². The molecule has 1 aliphatic carbocycles. The second kappa shape index (κ2) is 18.8. The largest absolute Gasteiger partial charge is 0.449 e. The lowest BCUT2D eigenvalue weighted by atomic mass is 9.82. The van der Waals surface area contributed by atoms with Crippen molar-refractivity contribution < 1.29 is 42.9 Å². The predicted octanol–water partition coefficient (Wildman–Crippen LogP) is 3.67. The summed E-state index contributed by atoms with van der Waals surface area (Å²) in [6.45, 7) is 3.14. The fourth-order valence-corrected chi connectivity index (χ4v) is 7.51. The molecule has 5 amide bonds. The Kier molecular flexibility index (Phi) is 13.5. The number of fused-ring (bicyclic) bond motifs is 4. The monoisotopic (exact) mass is 755 g/mol. The molecule has 14 heteroatoms. The minimum absolute atomic E-state index is 0.00794. The Morgan fingerprint density at radius 2 is 1.44 bits per heavy atom. The van der Waals surface area contributed by atoms with Gasteiger partial charge in [-0.05, 0) is 60.1 Å². The summed E-state index contributed by atoms with van der Waals surface area (Å²) < 4.78 is 22.1. The van der Waals surface area contributed by atoms with Gasteiger partial charge in [0.05, 0.1) is 39.6 Å². The second-order valence-electron chi connectivity index (χ2n) is 13.8. The van der Waals surface area contributed by atoms with E-state index >= 15 is 0 Å². The highest BCUT2D eigenvalue weighted by molar-refractivity contribution is 6.08. The van der Waals surface area contributed by atoms with Crippen LogP contribution in [0.15, 0.2) is 66.7 Å². The number of piperidine rings is 1. The van der Waals surface area contributed by atoms with Crippen molar-refractivity contribution in [3.63, 3.8) is 0 Å². The number of anilines is 1. The third-order valence-corrected chi connectivity index (χ3v) is 10.4. The summed E-state index contributed by atoms with van der Waals surface area (Å²) in [4.78, 5) is 64.7. The summed E-state index contributed by atoms with van der Waals surface area (Å²) >= 11 is 0. The maximum Gasteiger partial charge on any atom is 0.407 e. The molecule has 1 unspecified atom stereocenters. The summed E-state index contributed by atoms with van der Waals surface area (Å²) in [7, 11) is 0. The SMILES string of the molecule is Nc1cccc2c1CN(C1(CCCCNC(=O)CCOCCOCCOCCNC(=O)OCC3c4ccccc4-c4ccccc43)CCC(=O)NC1=O)C2=O. The molecule has 1 saturated heterocycles. The molecule has 2 heterocycles. The fraction of sp³-hybridized carbons (Fsp3) is 0.439. The molecule has 0 bridgehead atoms. The van der Waals surface area contributed by atoms with Crippen LogP contribution in [0.3, 0.4) is 0 Å². The normalized spacial score (nSPS) is 17.4. The molecular formula is C41H49N5O9. The zero-order valence-corrected chi connectivity index (χ0v) is 30.9. The van der Waals surface area contributed by atoms with Gasteiger partial charge in [-0.1, -0.05) is 54.6 Å². The number of nitrogen functional groups attached to an aromatic ring is 1. The molecule has 3 aromatic carbocycles. The number of imide groups is 1. The van der Waals surface area contributed by atoms with E-state index in [1.165, 1.54) is 11.1 Å². The van der Waals surface area contributed by atoms with E-state index in [4.69, 9.17) is 24.7 Å². The average Bonchev–Trinajstić information content (AvgIpc) is 3.70. The first-order chi connectivity index (χ1) is 26.8. The predicted molar refractivity (Wildman–Crippen MR) is 203 cm³/mol. The standard InChI is InChI=1S/C41H49N5O9/c42-35-13-7-12-32-33(35)26-46(38(32)49)41(17-14-37(48)45-39(41)50)16-5-6-18-43-36(47)15-20-52-22-24-54-25-23-53-21-19-44-40(51)55-27-34-30-10-3-1-8-28(30)29-9-2-4-11-31(29)34/h1-4,7-13,34H,5-6,14-27,42H2,(H,43,47)(H,44,51)(H,45,48,50). The number of ether oxygens (including phenoxy) is 4. The van der Waals surface area contributed by atoms with Crippen LogP contribution in [0.25, 0.3) is 11.1 Å². The maximum absolute atomic E-state index is 13.3. The van der Waals surface area contributed by atoms with Gasteiger partial charge >= 0.3 is 6.09 Å². The van der Waals surface area contributed by atoms with Crippen molar-refractivity contribution in [2.75, 3.05) is 65.1 Å². The smallest absolute Gasteiger partial charge is 0.407 e. The fourth-order valence-electron chi connectivity index (χ4n) is 7.51. The third-order valence-electron chi connectivity index (χ3n) is 10.4.